The molecule has 9 heteroatoms. The number of hydrazine groups is 1. The number of nitrogens with zero attached hydrogens (tertiary/aromatic N) is 4. The van der Waals surface area contributed by atoms with E-state index in [9.17, 15) is 9.59 Å². The van der Waals surface area contributed by atoms with Gasteiger partial charge in [0.25, 0.3) is 0 Å². The number of esters is 1. The minimum Gasteiger partial charge on any atom is -0.464 e. The average molecular weight is 347 g/mol. The fraction of sp³-hybridized carbons (Fsp3) is 0.500. The molecule has 2 heterocycles. The van der Waals surface area contributed by atoms with Crippen molar-refractivity contribution in [1.29, 1.82) is 0 Å². The van der Waals surface area contributed by atoms with Crippen molar-refractivity contribution in [3.8, 4) is 0 Å². The van der Waals surface area contributed by atoms with E-state index >= 15 is 0 Å². The molecular weight excluding hydrogens is 326 g/mol. The van der Waals surface area contributed by atoms with Gasteiger partial charge in [0, 0.05) is 12.5 Å². The van der Waals surface area contributed by atoms with E-state index in [1.165, 1.54) is 4.90 Å². The smallest absolute Gasteiger partial charge is 0.413 e. The summed E-state index contributed by atoms with van der Waals surface area (Å²) in [6.07, 6.45) is -1.37. The second-order valence-electron chi connectivity index (χ2n) is 5.63. The molecular formula is C16H21N5O4. The number of benzene rings is 1. The molecule has 1 N–H and O–H groups in total. The maximum atomic E-state index is 12.7. The van der Waals surface area contributed by atoms with E-state index < -0.39 is 24.4 Å². The third-order valence-electron chi connectivity index (χ3n) is 4.17. The summed E-state index contributed by atoms with van der Waals surface area (Å²) in [5, 5.41) is 9.51. The lowest BCUT2D eigenvalue weighted by molar-refractivity contribution is -0.157. The second kappa shape index (κ2) is 7.47. The number of rotatable bonds is 4. The summed E-state index contributed by atoms with van der Waals surface area (Å²) in [6.45, 7) is 4.30. The van der Waals surface area contributed by atoms with E-state index in [0.717, 1.165) is 5.56 Å². The van der Waals surface area contributed by atoms with E-state index in [2.05, 4.69) is 15.9 Å². The van der Waals surface area contributed by atoms with Crippen molar-refractivity contribution in [2.75, 3.05) is 19.8 Å². The molecule has 0 radical (unpaired) electrons. The fourth-order valence-electron chi connectivity index (χ4n) is 3.14. The monoisotopic (exact) mass is 347 g/mol. The Morgan fingerprint density at radius 3 is 2.60 bits per heavy atom. The van der Waals surface area contributed by atoms with Gasteiger partial charge >= 0.3 is 12.1 Å². The largest absolute Gasteiger partial charge is 0.464 e. The standard InChI is InChI=1S/C16H21N5O4/c1-3-24-14(22)13-12(11-8-6-5-7-9-11)10-20-15(17-18-19-20)21(13)16(23)25-4-2/h5-9,12-13,15H,3-4,10H2,1-2H3,(H,17,19). The summed E-state index contributed by atoms with van der Waals surface area (Å²) < 4.78 is 10.4. The Bertz CT molecular complexity index is 653. The van der Waals surface area contributed by atoms with Crippen LogP contribution in [0.4, 0.5) is 4.79 Å². The molecule has 1 aromatic rings. The van der Waals surface area contributed by atoms with Crippen molar-refractivity contribution in [2.45, 2.75) is 32.1 Å². The van der Waals surface area contributed by atoms with Gasteiger partial charge in [0.2, 0.25) is 6.29 Å². The van der Waals surface area contributed by atoms with Gasteiger partial charge in [0.05, 0.1) is 13.2 Å². The van der Waals surface area contributed by atoms with Gasteiger partial charge in [-0.1, -0.05) is 35.6 Å². The maximum absolute atomic E-state index is 12.7. The Morgan fingerprint density at radius 2 is 1.92 bits per heavy atom. The minimum atomic E-state index is -0.846. The van der Waals surface area contributed by atoms with Gasteiger partial charge < -0.3 is 9.47 Å². The molecule has 134 valence electrons. The predicted octanol–water partition coefficient (Wildman–Crippen LogP) is 1.65. The van der Waals surface area contributed by atoms with Crippen LogP contribution >= 0.6 is 0 Å². The first kappa shape index (κ1) is 17.2. The van der Waals surface area contributed by atoms with Crippen molar-refractivity contribution >= 4 is 12.1 Å². The number of carbonyl (C=O) groups excluding carboxylic acids is 2. The summed E-state index contributed by atoms with van der Waals surface area (Å²) in [7, 11) is 0. The number of nitrogens with one attached hydrogen (secondary N) is 1. The molecule has 2 aliphatic heterocycles. The molecule has 3 rings (SSSR count). The van der Waals surface area contributed by atoms with E-state index in [-0.39, 0.29) is 19.1 Å². The SMILES string of the molecule is CCOC(=O)C1C(c2ccccc2)CN2NN=NC2N1C(=O)OCC. The quantitative estimate of drug-likeness (QED) is 0.832. The molecule has 0 aromatic heterocycles. The summed E-state index contributed by atoms with van der Waals surface area (Å²) in [5.41, 5.74) is 3.69. The Balaban J connectivity index is 2.01. The van der Waals surface area contributed by atoms with E-state index in [0.29, 0.717) is 6.54 Å². The van der Waals surface area contributed by atoms with Crippen LogP contribution in [0.5, 0.6) is 0 Å². The van der Waals surface area contributed by atoms with Crippen LogP contribution in [0.1, 0.15) is 25.3 Å². The predicted molar refractivity (Wildman–Crippen MR) is 87.0 cm³/mol. The molecule has 0 spiro atoms. The zero-order valence-corrected chi connectivity index (χ0v) is 14.2. The lowest BCUT2D eigenvalue weighted by atomic mass is 9.88. The van der Waals surface area contributed by atoms with Gasteiger partial charge in [0.1, 0.15) is 6.04 Å². The number of hydrogen-bond donors (Lipinski definition) is 1. The molecule has 1 fully saturated rings. The van der Waals surface area contributed by atoms with Crippen LogP contribution in [0.3, 0.4) is 0 Å². The Labute approximate surface area is 145 Å². The molecule has 1 saturated heterocycles. The highest BCUT2D eigenvalue weighted by atomic mass is 16.6. The third kappa shape index (κ3) is 3.27. The van der Waals surface area contributed by atoms with Crippen molar-refractivity contribution < 1.29 is 19.1 Å². The van der Waals surface area contributed by atoms with Gasteiger partial charge in [-0.2, -0.15) is 5.01 Å². The summed E-state index contributed by atoms with van der Waals surface area (Å²) in [6, 6.07) is 8.68. The van der Waals surface area contributed by atoms with Crippen LogP contribution in [-0.4, -0.2) is 54.1 Å². The summed E-state index contributed by atoms with van der Waals surface area (Å²) >= 11 is 0. The van der Waals surface area contributed by atoms with Crippen LogP contribution in [0, 0.1) is 0 Å². The second-order valence-corrected chi connectivity index (χ2v) is 5.63. The Morgan fingerprint density at radius 1 is 1.20 bits per heavy atom. The Hall–Kier alpha value is -2.68. The molecule has 2 aliphatic rings. The van der Waals surface area contributed by atoms with E-state index in [1.807, 2.05) is 30.3 Å². The maximum Gasteiger partial charge on any atom is 0.413 e. The lowest BCUT2D eigenvalue weighted by Gasteiger charge is -2.44. The summed E-state index contributed by atoms with van der Waals surface area (Å²) in [5.74, 6) is -0.789. The third-order valence-corrected chi connectivity index (χ3v) is 4.17. The Kier molecular flexibility index (Phi) is 5.13. The molecule has 0 bridgehead atoms. The van der Waals surface area contributed by atoms with Crippen LogP contribution in [0.25, 0.3) is 0 Å². The molecule has 0 aliphatic carbocycles. The van der Waals surface area contributed by atoms with Gasteiger partial charge in [-0.15, -0.1) is 5.11 Å². The number of ether oxygens (including phenoxy) is 2. The number of carbonyl (C=O) groups is 2. The van der Waals surface area contributed by atoms with Crippen molar-refractivity contribution in [1.82, 2.24) is 15.4 Å². The van der Waals surface area contributed by atoms with Gasteiger partial charge in [0.15, 0.2) is 0 Å². The topological polar surface area (TPSA) is 95.8 Å². The van der Waals surface area contributed by atoms with Crippen molar-refractivity contribution in [3.63, 3.8) is 0 Å². The molecule has 0 saturated carbocycles. The highest BCUT2D eigenvalue weighted by molar-refractivity contribution is 5.83. The fourth-order valence-corrected chi connectivity index (χ4v) is 3.14. The van der Waals surface area contributed by atoms with Crippen molar-refractivity contribution in [2.24, 2.45) is 10.3 Å². The lowest BCUT2D eigenvalue weighted by Crippen LogP contribution is -2.65. The van der Waals surface area contributed by atoms with Crippen LogP contribution in [0.15, 0.2) is 40.7 Å². The minimum absolute atomic E-state index is 0.193. The molecule has 25 heavy (non-hydrogen) atoms. The van der Waals surface area contributed by atoms with Crippen LogP contribution in [-0.2, 0) is 14.3 Å². The molecule has 1 amide bonds. The number of fused-ring (bicyclic) bond motifs is 1. The molecule has 3 atom stereocenters. The van der Waals surface area contributed by atoms with E-state index in [4.69, 9.17) is 9.47 Å². The van der Waals surface area contributed by atoms with E-state index in [1.54, 1.807) is 18.9 Å². The van der Waals surface area contributed by atoms with Crippen LogP contribution in [0.2, 0.25) is 0 Å². The first-order chi connectivity index (χ1) is 12.2. The van der Waals surface area contributed by atoms with Gasteiger partial charge in [-0.25, -0.2) is 15.1 Å². The highest BCUT2D eigenvalue weighted by Crippen LogP contribution is 2.34. The van der Waals surface area contributed by atoms with Crippen molar-refractivity contribution in [3.05, 3.63) is 35.9 Å². The molecule has 9 nitrogen and oxygen atoms in total. The number of amides is 1. The molecule has 1 aromatic carbocycles. The first-order valence-corrected chi connectivity index (χ1v) is 8.26. The van der Waals surface area contributed by atoms with Gasteiger partial charge in [-0.3, -0.25) is 4.90 Å². The van der Waals surface area contributed by atoms with Gasteiger partial charge in [-0.05, 0) is 19.4 Å². The zero-order chi connectivity index (χ0) is 17.8. The summed E-state index contributed by atoms with van der Waals surface area (Å²) in [4.78, 5) is 26.6. The molecule has 3 unspecified atom stereocenters. The first-order valence-electron chi connectivity index (χ1n) is 8.26. The normalized spacial score (nSPS) is 25.2. The van der Waals surface area contributed by atoms with Crippen LogP contribution < -0.4 is 5.53 Å². The number of hydrogen-bond acceptors (Lipinski definition) is 8. The zero-order valence-electron chi connectivity index (χ0n) is 14.2. The average Bonchev–Trinajstić information content (AvgIpc) is 3.09. The highest BCUT2D eigenvalue weighted by Gasteiger charge is 2.51.